The number of carbonyl (C=O) groups excluding carboxylic acids is 1. The van der Waals surface area contributed by atoms with Gasteiger partial charge in [-0.25, -0.2) is 5.43 Å². The number of halogens is 3. The highest BCUT2D eigenvalue weighted by Gasteiger charge is 2.45. The van der Waals surface area contributed by atoms with Crippen molar-refractivity contribution in [3.8, 4) is 0 Å². The van der Waals surface area contributed by atoms with Crippen LogP contribution < -0.4 is 16.1 Å². The Morgan fingerprint density at radius 2 is 1.85 bits per heavy atom. The average Bonchev–Trinajstić information content (AvgIpc) is 3.04. The van der Waals surface area contributed by atoms with Crippen LogP contribution in [-0.2, 0) is 11.0 Å². The maximum absolute atomic E-state index is 13.4. The number of fused-ring (bicyclic) bond motifs is 1. The maximum Gasteiger partial charge on any atom is 0.416 e. The van der Waals surface area contributed by atoms with Crippen molar-refractivity contribution in [2.45, 2.75) is 31.1 Å². The molecular weight excluding hydrogens is 345 g/mol. The monoisotopic (exact) mass is 366 g/mol. The summed E-state index contributed by atoms with van der Waals surface area (Å²) in [5, 5.41) is 8.00. The van der Waals surface area contributed by atoms with E-state index in [2.05, 4.69) is 16.1 Å². The topological polar surface area (TPSA) is 56.4 Å². The molecule has 4 rings (SSSR count). The first-order valence-electron chi connectivity index (χ1n) is 8.87. The van der Waals surface area contributed by atoms with Gasteiger partial charge in [0.25, 0.3) is 0 Å². The number of alkyl halides is 3. The molecule has 0 saturated carbocycles. The smallest absolute Gasteiger partial charge is 0.330 e. The summed E-state index contributed by atoms with van der Waals surface area (Å²) in [6.07, 6.45) is -1.53. The molecule has 1 amide bonds. The third-order valence-corrected chi connectivity index (χ3v) is 5.41. The van der Waals surface area contributed by atoms with Gasteiger partial charge in [0.15, 0.2) is 0 Å². The van der Waals surface area contributed by atoms with E-state index >= 15 is 0 Å². The Labute approximate surface area is 149 Å². The number of hydrogen-bond donors (Lipinski definition) is 3. The van der Waals surface area contributed by atoms with Gasteiger partial charge in [0.2, 0.25) is 5.91 Å². The number of amides is 1. The van der Waals surface area contributed by atoms with E-state index in [1.807, 2.05) is 5.01 Å². The van der Waals surface area contributed by atoms with Crippen LogP contribution in [0.4, 0.5) is 13.2 Å². The molecule has 1 aromatic rings. The van der Waals surface area contributed by atoms with Crippen molar-refractivity contribution >= 4 is 5.91 Å². The lowest BCUT2D eigenvalue weighted by atomic mass is 9.89. The van der Waals surface area contributed by atoms with Crippen molar-refractivity contribution in [3.63, 3.8) is 0 Å². The molecule has 2 atom stereocenters. The molecule has 3 aliphatic heterocycles. The molecule has 0 aromatic heterocycles. The molecule has 3 heterocycles. The minimum Gasteiger partial charge on any atom is -0.330 e. The number of nitrogens with zero attached hydrogens (tertiary/aromatic N) is 1. The summed E-state index contributed by atoms with van der Waals surface area (Å²) < 4.78 is 40.3. The lowest BCUT2D eigenvalue weighted by Crippen LogP contribution is -2.54. The molecule has 5 nitrogen and oxygen atoms in total. The van der Waals surface area contributed by atoms with Crippen LogP contribution in [0.2, 0.25) is 0 Å². The second kappa shape index (κ2) is 6.59. The lowest BCUT2D eigenvalue weighted by molar-refractivity contribution is -0.138. The first kappa shape index (κ1) is 17.4. The SMILES string of the molecule is O=C1C=C(C2CCNCC2)N2NCC(c3ccccc3C(F)(F)F)C2N1. The second-order valence-electron chi connectivity index (χ2n) is 6.97. The van der Waals surface area contributed by atoms with Gasteiger partial charge in [0.05, 0.1) is 5.56 Å². The number of rotatable bonds is 2. The van der Waals surface area contributed by atoms with Gasteiger partial charge in [-0.2, -0.15) is 13.2 Å². The highest BCUT2D eigenvalue weighted by molar-refractivity contribution is 5.89. The van der Waals surface area contributed by atoms with Gasteiger partial charge < -0.3 is 10.6 Å². The standard InChI is InChI=1S/C18H21F3N4O/c19-18(20,21)14-4-2-1-3-12(14)13-10-23-25-15(9-16(26)24-17(13)25)11-5-7-22-8-6-11/h1-4,9,11,13,17,22-23H,5-8,10H2,(H,24,26). The van der Waals surface area contributed by atoms with Gasteiger partial charge >= 0.3 is 6.18 Å². The van der Waals surface area contributed by atoms with Gasteiger partial charge in [-0.05, 0) is 37.6 Å². The number of piperidine rings is 1. The van der Waals surface area contributed by atoms with E-state index in [1.165, 1.54) is 12.1 Å². The highest BCUT2D eigenvalue weighted by Crippen LogP contribution is 2.40. The van der Waals surface area contributed by atoms with Crippen molar-refractivity contribution < 1.29 is 18.0 Å². The van der Waals surface area contributed by atoms with E-state index in [1.54, 1.807) is 12.1 Å². The van der Waals surface area contributed by atoms with E-state index in [0.29, 0.717) is 6.54 Å². The number of nitrogens with one attached hydrogen (secondary N) is 3. The molecule has 8 heteroatoms. The van der Waals surface area contributed by atoms with Gasteiger partial charge in [0, 0.05) is 30.2 Å². The first-order chi connectivity index (χ1) is 12.4. The zero-order chi connectivity index (χ0) is 18.3. The average molecular weight is 366 g/mol. The number of hydrazine groups is 1. The Balaban J connectivity index is 1.65. The molecule has 1 aromatic carbocycles. The van der Waals surface area contributed by atoms with Crippen LogP contribution in [0.3, 0.4) is 0 Å². The molecule has 2 fully saturated rings. The molecule has 0 radical (unpaired) electrons. The van der Waals surface area contributed by atoms with Gasteiger partial charge in [-0.3, -0.25) is 9.80 Å². The Morgan fingerprint density at radius 1 is 1.12 bits per heavy atom. The third kappa shape index (κ3) is 3.07. The summed E-state index contributed by atoms with van der Waals surface area (Å²) in [4.78, 5) is 12.2. The maximum atomic E-state index is 13.4. The van der Waals surface area contributed by atoms with E-state index in [9.17, 15) is 18.0 Å². The Bertz CT molecular complexity index is 727. The van der Waals surface area contributed by atoms with Crippen LogP contribution >= 0.6 is 0 Å². The summed E-state index contributed by atoms with van der Waals surface area (Å²) in [6, 6.07) is 5.62. The number of hydrogen-bond acceptors (Lipinski definition) is 4. The number of carbonyl (C=O) groups is 1. The summed E-state index contributed by atoms with van der Waals surface area (Å²) >= 11 is 0. The van der Waals surface area contributed by atoms with Crippen LogP contribution in [0, 0.1) is 5.92 Å². The molecule has 0 bridgehead atoms. The second-order valence-corrected chi connectivity index (χ2v) is 6.97. The normalized spacial score (nSPS) is 27.1. The fourth-order valence-corrected chi connectivity index (χ4v) is 4.19. The lowest BCUT2D eigenvalue weighted by Gasteiger charge is -2.39. The third-order valence-electron chi connectivity index (χ3n) is 5.41. The van der Waals surface area contributed by atoms with Crippen molar-refractivity contribution in [1.82, 2.24) is 21.1 Å². The zero-order valence-electron chi connectivity index (χ0n) is 14.1. The first-order valence-corrected chi connectivity index (χ1v) is 8.87. The van der Waals surface area contributed by atoms with Crippen LogP contribution in [0.1, 0.15) is 29.9 Å². The molecule has 2 unspecified atom stereocenters. The molecule has 3 N–H and O–H groups in total. The number of allylic oxidation sites excluding steroid dienone is 1. The van der Waals surface area contributed by atoms with Crippen LogP contribution in [0.5, 0.6) is 0 Å². The Kier molecular flexibility index (Phi) is 4.40. The predicted octanol–water partition coefficient (Wildman–Crippen LogP) is 1.95. The molecule has 0 aliphatic carbocycles. The van der Waals surface area contributed by atoms with Crippen LogP contribution in [-0.4, -0.2) is 36.7 Å². The van der Waals surface area contributed by atoms with Crippen molar-refractivity contribution in [2.75, 3.05) is 19.6 Å². The Hall–Kier alpha value is -2.06. The minimum absolute atomic E-state index is 0.215. The fourth-order valence-electron chi connectivity index (χ4n) is 4.19. The van der Waals surface area contributed by atoms with Crippen molar-refractivity contribution in [2.24, 2.45) is 5.92 Å². The van der Waals surface area contributed by atoms with E-state index in [4.69, 9.17) is 0 Å². The Morgan fingerprint density at radius 3 is 2.58 bits per heavy atom. The van der Waals surface area contributed by atoms with Gasteiger partial charge in [0.1, 0.15) is 6.17 Å². The van der Waals surface area contributed by atoms with Crippen LogP contribution in [0.25, 0.3) is 0 Å². The minimum atomic E-state index is -4.42. The van der Waals surface area contributed by atoms with Crippen molar-refractivity contribution in [3.05, 3.63) is 47.2 Å². The van der Waals surface area contributed by atoms with Crippen LogP contribution in [0.15, 0.2) is 36.0 Å². The summed E-state index contributed by atoms with van der Waals surface area (Å²) in [6.45, 7) is 2.10. The quantitative estimate of drug-likeness (QED) is 0.749. The highest BCUT2D eigenvalue weighted by atomic mass is 19.4. The molecule has 0 spiro atoms. The number of benzene rings is 1. The summed E-state index contributed by atoms with van der Waals surface area (Å²) in [5.74, 6) is -0.478. The molecule has 140 valence electrons. The van der Waals surface area contributed by atoms with E-state index < -0.39 is 23.8 Å². The predicted molar refractivity (Wildman–Crippen MR) is 89.6 cm³/mol. The van der Waals surface area contributed by atoms with E-state index in [-0.39, 0.29) is 17.4 Å². The molecule has 26 heavy (non-hydrogen) atoms. The summed E-state index contributed by atoms with van der Waals surface area (Å²) in [7, 11) is 0. The molecule has 3 aliphatic rings. The molecular formula is C18H21F3N4O. The largest absolute Gasteiger partial charge is 0.416 e. The fraction of sp³-hybridized carbons (Fsp3) is 0.500. The zero-order valence-corrected chi connectivity index (χ0v) is 14.1. The van der Waals surface area contributed by atoms with Crippen molar-refractivity contribution in [1.29, 1.82) is 0 Å². The van der Waals surface area contributed by atoms with Gasteiger partial charge in [-0.1, -0.05) is 18.2 Å². The van der Waals surface area contributed by atoms with Gasteiger partial charge in [-0.15, -0.1) is 0 Å². The summed E-state index contributed by atoms with van der Waals surface area (Å²) in [5.41, 5.74) is 3.67. The van der Waals surface area contributed by atoms with E-state index in [0.717, 1.165) is 37.7 Å². The molecule has 2 saturated heterocycles.